The van der Waals surface area contributed by atoms with Gasteiger partial charge >= 0.3 is 0 Å². The fraction of sp³-hybridized carbons (Fsp3) is 0.417. The normalized spacial score (nSPS) is 18.1. The Labute approximate surface area is 95.4 Å². The molecule has 1 aromatic rings. The van der Waals surface area contributed by atoms with Crippen LogP contribution in [0, 0.1) is 0 Å². The Kier molecular flexibility index (Phi) is 3.10. The van der Waals surface area contributed by atoms with Crippen molar-refractivity contribution in [2.45, 2.75) is 13.0 Å². The Morgan fingerprint density at radius 2 is 2.06 bits per heavy atom. The zero-order chi connectivity index (χ0) is 11.5. The monoisotopic (exact) mass is 219 g/mol. The zero-order valence-corrected chi connectivity index (χ0v) is 9.44. The molecule has 1 heterocycles. The second-order valence-electron chi connectivity index (χ2n) is 4.15. The lowest BCUT2D eigenvalue weighted by Crippen LogP contribution is -2.47. The average Bonchev–Trinajstić information content (AvgIpc) is 2.29. The molecule has 0 spiro atoms. The maximum absolute atomic E-state index is 11.2. The quantitative estimate of drug-likeness (QED) is 0.767. The number of carbonyl (C=O) groups is 1. The van der Waals surface area contributed by atoms with Crippen LogP contribution in [0.5, 0.6) is 0 Å². The predicted molar refractivity (Wildman–Crippen MR) is 64.3 cm³/mol. The van der Waals surface area contributed by atoms with Gasteiger partial charge in [0, 0.05) is 24.8 Å². The SMILES string of the molecule is C[C@@H](N)c1ccc(N2CCNC(=O)C2)cc1. The summed E-state index contributed by atoms with van der Waals surface area (Å²) in [6.45, 7) is 3.98. The molecule has 1 aliphatic heterocycles. The molecule has 0 aromatic heterocycles. The van der Waals surface area contributed by atoms with Gasteiger partial charge in [0.2, 0.25) is 5.91 Å². The van der Waals surface area contributed by atoms with Gasteiger partial charge < -0.3 is 16.0 Å². The van der Waals surface area contributed by atoms with E-state index in [0.717, 1.165) is 17.8 Å². The molecule has 0 unspecified atom stereocenters. The summed E-state index contributed by atoms with van der Waals surface area (Å²) in [5, 5.41) is 2.81. The van der Waals surface area contributed by atoms with E-state index in [-0.39, 0.29) is 11.9 Å². The summed E-state index contributed by atoms with van der Waals surface area (Å²) in [6, 6.07) is 8.15. The van der Waals surface area contributed by atoms with E-state index in [0.29, 0.717) is 13.1 Å². The van der Waals surface area contributed by atoms with Crippen LogP contribution in [0.4, 0.5) is 5.69 Å². The number of piperazine rings is 1. The fourth-order valence-corrected chi connectivity index (χ4v) is 1.85. The van der Waals surface area contributed by atoms with Crippen LogP contribution in [-0.4, -0.2) is 25.5 Å². The summed E-state index contributed by atoms with van der Waals surface area (Å²) in [5.41, 5.74) is 7.99. The standard InChI is InChI=1S/C12H17N3O/c1-9(13)10-2-4-11(5-3-10)15-7-6-14-12(16)8-15/h2-5,9H,6-8,13H2,1H3,(H,14,16)/t9-/m1/s1. The van der Waals surface area contributed by atoms with Gasteiger partial charge in [0.1, 0.15) is 0 Å². The third-order valence-electron chi connectivity index (χ3n) is 2.82. The molecular weight excluding hydrogens is 202 g/mol. The van der Waals surface area contributed by atoms with Gasteiger partial charge in [-0.15, -0.1) is 0 Å². The van der Waals surface area contributed by atoms with Crippen LogP contribution < -0.4 is 16.0 Å². The Hall–Kier alpha value is -1.55. The van der Waals surface area contributed by atoms with E-state index < -0.39 is 0 Å². The van der Waals surface area contributed by atoms with Crippen molar-refractivity contribution in [1.29, 1.82) is 0 Å². The average molecular weight is 219 g/mol. The zero-order valence-electron chi connectivity index (χ0n) is 9.44. The molecule has 1 aliphatic rings. The van der Waals surface area contributed by atoms with Gasteiger partial charge in [-0.05, 0) is 24.6 Å². The molecule has 2 rings (SSSR count). The fourth-order valence-electron chi connectivity index (χ4n) is 1.85. The molecule has 1 aromatic carbocycles. The smallest absolute Gasteiger partial charge is 0.239 e. The largest absolute Gasteiger partial charge is 0.360 e. The highest BCUT2D eigenvalue weighted by molar-refractivity contribution is 5.82. The molecule has 0 aliphatic carbocycles. The van der Waals surface area contributed by atoms with Crippen LogP contribution in [0.15, 0.2) is 24.3 Å². The van der Waals surface area contributed by atoms with Crippen molar-refractivity contribution >= 4 is 11.6 Å². The molecule has 1 amide bonds. The summed E-state index contributed by atoms with van der Waals surface area (Å²) in [6.07, 6.45) is 0. The molecule has 16 heavy (non-hydrogen) atoms. The van der Waals surface area contributed by atoms with Crippen LogP contribution in [-0.2, 0) is 4.79 Å². The molecule has 1 saturated heterocycles. The topological polar surface area (TPSA) is 58.4 Å². The van der Waals surface area contributed by atoms with Crippen molar-refractivity contribution in [3.63, 3.8) is 0 Å². The van der Waals surface area contributed by atoms with Gasteiger partial charge in [-0.2, -0.15) is 0 Å². The first-order chi connectivity index (χ1) is 7.66. The maximum atomic E-state index is 11.2. The molecule has 1 fully saturated rings. The Morgan fingerprint density at radius 3 is 2.62 bits per heavy atom. The molecule has 0 saturated carbocycles. The number of hydrogen-bond donors (Lipinski definition) is 2. The van der Waals surface area contributed by atoms with Gasteiger partial charge in [-0.25, -0.2) is 0 Å². The first-order valence-electron chi connectivity index (χ1n) is 5.54. The highest BCUT2D eigenvalue weighted by Crippen LogP contribution is 2.18. The lowest BCUT2D eigenvalue weighted by molar-refractivity contribution is -0.120. The van der Waals surface area contributed by atoms with Crippen LogP contribution in [0.2, 0.25) is 0 Å². The van der Waals surface area contributed by atoms with Crippen LogP contribution in [0.1, 0.15) is 18.5 Å². The molecule has 3 N–H and O–H groups in total. The van der Waals surface area contributed by atoms with E-state index in [1.165, 1.54) is 0 Å². The lowest BCUT2D eigenvalue weighted by atomic mass is 10.1. The number of amides is 1. The minimum Gasteiger partial charge on any atom is -0.360 e. The number of benzene rings is 1. The summed E-state index contributed by atoms with van der Waals surface area (Å²) < 4.78 is 0. The van der Waals surface area contributed by atoms with E-state index in [4.69, 9.17) is 5.73 Å². The van der Waals surface area contributed by atoms with Crippen molar-refractivity contribution in [2.24, 2.45) is 5.73 Å². The third-order valence-corrected chi connectivity index (χ3v) is 2.82. The number of anilines is 1. The van der Waals surface area contributed by atoms with Gasteiger partial charge in [0.05, 0.1) is 6.54 Å². The van der Waals surface area contributed by atoms with E-state index in [1.807, 2.05) is 31.2 Å². The maximum Gasteiger partial charge on any atom is 0.239 e. The molecule has 1 atom stereocenters. The minimum atomic E-state index is 0.0544. The molecule has 4 heteroatoms. The first-order valence-corrected chi connectivity index (χ1v) is 5.54. The predicted octanol–water partition coefficient (Wildman–Crippen LogP) is 0.643. The third kappa shape index (κ3) is 2.33. The van der Waals surface area contributed by atoms with E-state index in [1.54, 1.807) is 0 Å². The van der Waals surface area contributed by atoms with Crippen LogP contribution in [0.3, 0.4) is 0 Å². The van der Waals surface area contributed by atoms with Gasteiger partial charge in [0.25, 0.3) is 0 Å². The number of nitrogens with one attached hydrogen (secondary N) is 1. The van der Waals surface area contributed by atoms with E-state index in [2.05, 4.69) is 10.2 Å². The van der Waals surface area contributed by atoms with Crippen LogP contribution >= 0.6 is 0 Å². The second kappa shape index (κ2) is 4.53. The number of nitrogens with two attached hydrogens (primary N) is 1. The molecule has 4 nitrogen and oxygen atoms in total. The van der Waals surface area contributed by atoms with Crippen molar-refractivity contribution in [3.05, 3.63) is 29.8 Å². The number of hydrogen-bond acceptors (Lipinski definition) is 3. The minimum absolute atomic E-state index is 0.0544. The number of nitrogens with zero attached hydrogens (tertiary/aromatic N) is 1. The van der Waals surface area contributed by atoms with E-state index in [9.17, 15) is 4.79 Å². The molecule has 86 valence electrons. The van der Waals surface area contributed by atoms with Gasteiger partial charge in [0.15, 0.2) is 0 Å². The highest BCUT2D eigenvalue weighted by Gasteiger charge is 2.16. The molecule has 0 bridgehead atoms. The lowest BCUT2D eigenvalue weighted by Gasteiger charge is -2.28. The van der Waals surface area contributed by atoms with Crippen molar-refractivity contribution < 1.29 is 4.79 Å². The molecule has 0 radical (unpaired) electrons. The Bertz CT molecular complexity index is 372. The van der Waals surface area contributed by atoms with Crippen molar-refractivity contribution in [2.75, 3.05) is 24.5 Å². The number of rotatable bonds is 2. The first kappa shape index (κ1) is 11.0. The second-order valence-corrected chi connectivity index (χ2v) is 4.15. The van der Waals surface area contributed by atoms with Crippen molar-refractivity contribution in [3.8, 4) is 0 Å². The van der Waals surface area contributed by atoms with Gasteiger partial charge in [-0.1, -0.05) is 12.1 Å². The Morgan fingerprint density at radius 1 is 1.38 bits per heavy atom. The van der Waals surface area contributed by atoms with Crippen molar-refractivity contribution in [1.82, 2.24) is 5.32 Å². The summed E-state index contributed by atoms with van der Waals surface area (Å²) in [7, 11) is 0. The van der Waals surface area contributed by atoms with E-state index >= 15 is 0 Å². The molecular formula is C12H17N3O. The summed E-state index contributed by atoms with van der Waals surface area (Å²) in [5.74, 6) is 0.0857. The van der Waals surface area contributed by atoms with Gasteiger partial charge in [-0.3, -0.25) is 4.79 Å². The highest BCUT2D eigenvalue weighted by atomic mass is 16.2. The number of carbonyl (C=O) groups excluding carboxylic acids is 1. The Balaban J connectivity index is 2.11. The van der Waals surface area contributed by atoms with Crippen LogP contribution in [0.25, 0.3) is 0 Å². The summed E-state index contributed by atoms with van der Waals surface area (Å²) >= 11 is 0. The summed E-state index contributed by atoms with van der Waals surface area (Å²) in [4.78, 5) is 13.3.